The molecule has 0 spiro atoms. The predicted molar refractivity (Wildman–Crippen MR) is 97.2 cm³/mol. The van der Waals surface area contributed by atoms with Gasteiger partial charge in [-0.05, 0) is 24.6 Å². The summed E-state index contributed by atoms with van der Waals surface area (Å²) < 4.78 is 37.6. The van der Waals surface area contributed by atoms with Crippen molar-refractivity contribution in [2.45, 2.75) is 58.0 Å². The Morgan fingerprint density at radius 1 is 1.18 bits per heavy atom. The second-order valence-electron chi connectivity index (χ2n) is 6.20. The highest BCUT2D eigenvalue weighted by atomic mass is 19.1. The lowest BCUT2D eigenvalue weighted by Gasteiger charge is -2.38. The Morgan fingerprint density at radius 2 is 1.82 bits per heavy atom. The van der Waals surface area contributed by atoms with Crippen LogP contribution in [0.2, 0.25) is 0 Å². The smallest absolute Gasteiger partial charge is 0.238 e. The van der Waals surface area contributed by atoms with Gasteiger partial charge in [0.05, 0.1) is 6.61 Å². The van der Waals surface area contributed by atoms with Crippen LogP contribution in [0.3, 0.4) is 0 Å². The van der Waals surface area contributed by atoms with E-state index in [2.05, 4.69) is 10.2 Å². The molecule has 1 saturated heterocycles. The molecule has 1 aromatic carbocycles. The summed E-state index contributed by atoms with van der Waals surface area (Å²) in [5.41, 5.74) is 2.14. The fraction of sp³-hybridized carbons (Fsp3) is 0.526. The second-order valence-corrected chi connectivity index (χ2v) is 6.20. The van der Waals surface area contributed by atoms with Gasteiger partial charge in [0.2, 0.25) is 12.2 Å². The molecule has 1 aromatic heterocycles. The van der Waals surface area contributed by atoms with Crippen molar-refractivity contribution in [2.24, 2.45) is 0 Å². The van der Waals surface area contributed by atoms with Gasteiger partial charge in [0.1, 0.15) is 24.1 Å². The molecule has 28 heavy (non-hydrogen) atoms. The van der Waals surface area contributed by atoms with E-state index in [4.69, 9.17) is 14.6 Å². The lowest BCUT2D eigenvalue weighted by molar-refractivity contribution is -0.265. The number of hydrogen-bond donors (Lipinski definition) is 4. The monoisotopic (exact) mass is 400 g/mol. The Morgan fingerprint density at radius 3 is 2.43 bits per heavy atom. The number of hydrogen-bond acceptors (Lipinski definition) is 6. The van der Waals surface area contributed by atoms with Gasteiger partial charge in [-0.25, -0.2) is 8.78 Å². The number of rotatable bonds is 5. The third-order valence-corrected chi connectivity index (χ3v) is 4.36. The van der Waals surface area contributed by atoms with Gasteiger partial charge in [0, 0.05) is 17.7 Å². The van der Waals surface area contributed by atoms with Gasteiger partial charge in [-0.3, -0.25) is 5.10 Å². The van der Waals surface area contributed by atoms with E-state index < -0.39 is 37.4 Å². The van der Waals surface area contributed by atoms with Crippen molar-refractivity contribution in [1.82, 2.24) is 10.2 Å². The van der Waals surface area contributed by atoms with Gasteiger partial charge in [0.15, 0.2) is 6.17 Å². The Balaban J connectivity index is 0.00000136. The molecule has 0 bridgehead atoms. The van der Waals surface area contributed by atoms with E-state index in [1.54, 1.807) is 19.1 Å². The summed E-state index contributed by atoms with van der Waals surface area (Å²) in [5, 5.41) is 35.7. The van der Waals surface area contributed by atoms with Crippen LogP contribution < -0.4 is 4.74 Å². The van der Waals surface area contributed by atoms with Crippen LogP contribution in [0.15, 0.2) is 24.3 Å². The lowest BCUT2D eigenvalue weighted by Crippen LogP contribution is -2.58. The van der Waals surface area contributed by atoms with Crippen LogP contribution in [-0.4, -0.2) is 62.9 Å². The lowest BCUT2D eigenvalue weighted by atomic mass is 10.0. The number of halogens is 2. The zero-order chi connectivity index (χ0) is 20.8. The summed E-state index contributed by atoms with van der Waals surface area (Å²) in [5.74, 6) is -0.241. The van der Waals surface area contributed by atoms with Crippen LogP contribution >= 0.6 is 0 Å². The summed E-state index contributed by atoms with van der Waals surface area (Å²) in [6.07, 6.45) is -7.69. The van der Waals surface area contributed by atoms with Gasteiger partial charge in [-0.2, -0.15) is 0 Å². The molecule has 9 heteroatoms. The molecule has 2 heterocycles. The highest BCUT2D eigenvalue weighted by Crippen LogP contribution is 2.28. The van der Waals surface area contributed by atoms with E-state index in [9.17, 15) is 19.0 Å². The maximum absolute atomic E-state index is 13.8. The van der Waals surface area contributed by atoms with E-state index in [1.807, 2.05) is 13.8 Å². The fourth-order valence-corrected chi connectivity index (χ4v) is 2.79. The fourth-order valence-electron chi connectivity index (χ4n) is 2.79. The van der Waals surface area contributed by atoms with Crippen LogP contribution in [0.25, 0.3) is 0 Å². The molecule has 4 N–H and O–H groups in total. The average molecular weight is 400 g/mol. The Labute approximate surface area is 161 Å². The van der Waals surface area contributed by atoms with Crippen molar-refractivity contribution >= 4 is 0 Å². The third kappa shape index (κ3) is 4.85. The van der Waals surface area contributed by atoms with Crippen LogP contribution in [-0.2, 0) is 11.2 Å². The molecular formula is C19H26F2N2O5. The van der Waals surface area contributed by atoms with Crippen molar-refractivity contribution in [3.05, 3.63) is 46.9 Å². The minimum Gasteiger partial charge on any atom is -0.443 e. The van der Waals surface area contributed by atoms with Crippen molar-refractivity contribution in [3.8, 4) is 5.88 Å². The van der Waals surface area contributed by atoms with Crippen LogP contribution in [0.4, 0.5) is 8.78 Å². The van der Waals surface area contributed by atoms with Gasteiger partial charge >= 0.3 is 0 Å². The molecular weight excluding hydrogens is 374 g/mol. The van der Waals surface area contributed by atoms with E-state index in [0.717, 1.165) is 5.56 Å². The third-order valence-electron chi connectivity index (χ3n) is 4.36. The molecule has 1 aliphatic heterocycles. The van der Waals surface area contributed by atoms with E-state index in [0.29, 0.717) is 17.7 Å². The van der Waals surface area contributed by atoms with Gasteiger partial charge < -0.3 is 24.8 Å². The van der Waals surface area contributed by atoms with Crippen LogP contribution in [0.5, 0.6) is 5.88 Å². The first-order valence-corrected chi connectivity index (χ1v) is 9.12. The maximum Gasteiger partial charge on any atom is 0.238 e. The van der Waals surface area contributed by atoms with E-state index >= 15 is 0 Å². The molecule has 1 aliphatic rings. The number of alkyl halides is 1. The minimum absolute atomic E-state index is 0.108. The number of aromatic nitrogens is 2. The average Bonchev–Trinajstić information content (AvgIpc) is 3.05. The summed E-state index contributed by atoms with van der Waals surface area (Å²) in [4.78, 5) is 0. The summed E-state index contributed by atoms with van der Waals surface area (Å²) >= 11 is 0. The van der Waals surface area contributed by atoms with Crippen LogP contribution in [0, 0.1) is 12.7 Å². The number of aryl methyl sites for hydroxylation is 1. The zero-order valence-electron chi connectivity index (χ0n) is 16.0. The molecule has 3 rings (SSSR count). The molecule has 0 saturated carbocycles. The number of ether oxygens (including phenoxy) is 2. The second kappa shape index (κ2) is 9.92. The van der Waals surface area contributed by atoms with Gasteiger partial charge in [-0.1, -0.05) is 26.0 Å². The number of aromatic amines is 1. The highest BCUT2D eigenvalue weighted by Gasteiger charge is 2.46. The van der Waals surface area contributed by atoms with Crippen molar-refractivity contribution in [1.29, 1.82) is 0 Å². The first kappa shape index (κ1) is 22.2. The molecule has 1 fully saturated rings. The molecule has 5 atom stereocenters. The number of H-pyrrole nitrogens is 1. The standard InChI is InChI=1S/C17H20F2N2O5.C2H6/c1-8-11(6-9-2-4-10(18)5-3-9)16(21-20-8)26-17-15(24)14(23)13(19)12(7-22)25-17;1-2/h2-5,12-15,17,22-24H,6-7H2,1H3,(H,20,21);1-2H3. The molecule has 0 amide bonds. The predicted octanol–water partition coefficient (Wildman–Crippen LogP) is 1.63. The highest BCUT2D eigenvalue weighted by molar-refractivity contribution is 5.35. The molecule has 0 aliphatic carbocycles. The number of aliphatic hydroxyl groups is 3. The SMILES string of the molecule is CC.Cc1[nH]nc(OC2OC(CO)C(F)C(O)C2O)c1Cc1ccc(F)cc1. The largest absolute Gasteiger partial charge is 0.443 e. The van der Waals surface area contributed by atoms with Gasteiger partial charge in [-0.15, -0.1) is 5.10 Å². The van der Waals surface area contributed by atoms with E-state index in [-0.39, 0.29) is 11.7 Å². The molecule has 7 nitrogen and oxygen atoms in total. The maximum atomic E-state index is 13.8. The molecule has 156 valence electrons. The first-order valence-electron chi connectivity index (χ1n) is 9.12. The van der Waals surface area contributed by atoms with Crippen molar-refractivity contribution < 1.29 is 33.6 Å². The van der Waals surface area contributed by atoms with Crippen LogP contribution in [0.1, 0.15) is 30.7 Å². The quantitative estimate of drug-likeness (QED) is 0.608. The zero-order valence-corrected chi connectivity index (χ0v) is 16.0. The summed E-state index contributed by atoms with van der Waals surface area (Å²) in [7, 11) is 0. The Bertz CT molecular complexity index is 738. The summed E-state index contributed by atoms with van der Waals surface area (Å²) in [6, 6.07) is 5.92. The molecule has 2 aromatic rings. The molecule has 0 radical (unpaired) electrons. The number of benzene rings is 1. The Hall–Kier alpha value is -2.07. The normalized spacial score (nSPS) is 27.1. The van der Waals surface area contributed by atoms with Crippen molar-refractivity contribution in [2.75, 3.05) is 6.61 Å². The number of nitrogens with one attached hydrogen (secondary N) is 1. The Kier molecular flexibility index (Phi) is 7.88. The first-order chi connectivity index (χ1) is 13.4. The van der Waals surface area contributed by atoms with E-state index in [1.165, 1.54) is 12.1 Å². The minimum atomic E-state index is -1.94. The molecule has 5 unspecified atom stereocenters. The van der Waals surface area contributed by atoms with Crippen molar-refractivity contribution in [3.63, 3.8) is 0 Å². The van der Waals surface area contributed by atoms with Gasteiger partial charge in [0.25, 0.3) is 0 Å². The summed E-state index contributed by atoms with van der Waals surface area (Å²) in [6.45, 7) is 5.09. The topological polar surface area (TPSA) is 108 Å². The number of aliphatic hydroxyl groups excluding tert-OH is 3. The number of nitrogens with zero attached hydrogens (tertiary/aromatic N) is 1.